The maximum absolute atomic E-state index is 10.7. The van der Waals surface area contributed by atoms with Crippen LogP contribution in [0.5, 0.6) is 5.88 Å². The molecule has 0 aromatic carbocycles. The van der Waals surface area contributed by atoms with Crippen LogP contribution in [0.2, 0.25) is 0 Å². The average molecular weight is 222 g/mol. The molecule has 1 heterocycles. The Morgan fingerprint density at radius 3 is 2.81 bits per heavy atom. The van der Waals surface area contributed by atoms with E-state index in [2.05, 4.69) is 9.97 Å². The van der Waals surface area contributed by atoms with Gasteiger partial charge in [0.05, 0.1) is 0 Å². The molecule has 1 aromatic rings. The van der Waals surface area contributed by atoms with Crippen molar-refractivity contribution in [2.45, 2.75) is 38.7 Å². The fraction of sp³-hybridized carbons (Fsp3) is 0.545. The Labute approximate surface area is 93.5 Å². The van der Waals surface area contributed by atoms with Crippen LogP contribution in [0.1, 0.15) is 37.2 Å². The van der Waals surface area contributed by atoms with Gasteiger partial charge in [-0.15, -0.1) is 0 Å². The molecule has 16 heavy (non-hydrogen) atoms. The molecule has 0 aliphatic heterocycles. The lowest BCUT2D eigenvalue weighted by Crippen LogP contribution is -2.23. The molecule has 1 aromatic heterocycles. The van der Waals surface area contributed by atoms with Crippen LogP contribution in [-0.2, 0) is 4.79 Å². The Kier molecular flexibility index (Phi) is 2.77. The second-order valence-corrected chi connectivity index (χ2v) is 4.08. The summed E-state index contributed by atoms with van der Waals surface area (Å²) in [6, 6.07) is 1.66. The fourth-order valence-electron chi connectivity index (χ4n) is 1.38. The van der Waals surface area contributed by atoms with Gasteiger partial charge >= 0.3 is 5.97 Å². The molecule has 1 atom stereocenters. The topological polar surface area (TPSA) is 72.3 Å². The van der Waals surface area contributed by atoms with Gasteiger partial charge in [0, 0.05) is 17.7 Å². The van der Waals surface area contributed by atoms with Crippen molar-refractivity contribution in [1.29, 1.82) is 0 Å². The number of ether oxygens (including phenoxy) is 1. The van der Waals surface area contributed by atoms with Crippen molar-refractivity contribution < 1.29 is 14.6 Å². The van der Waals surface area contributed by atoms with Gasteiger partial charge in [0.15, 0.2) is 6.10 Å². The number of aromatic nitrogens is 2. The number of carboxylic acids is 1. The molecular weight excluding hydrogens is 208 g/mol. The molecule has 1 saturated carbocycles. The molecule has 0 saturated heterocycles. The third-order valence-corrected chi connectivity index (χ3v) is 2.44. The summed E-state index contributed by atoms with van der Waals surface area (Å²) < 4.78 is 5.22. The quantitative estimate of drug-likeness (QED) is 0.836. The molecule has 5 nitrogen and oxygen atoms in total. The molecule has 0 amide bonds. The Hall–Kier alpha value is -1.65. The lowest BCUT2D eigenvalue weighted by Gasteiger charge is -2.10. The van der Waals surface area contributed by atoms with Gasteiger partial charge in [-0.25, -0.2) is 9.78 Å². The summed E-state index contributed by atoms with van der Waals surface area (Å²) in [5.74, 6) is 0.559. The zero-order chi connectivity index (χ0) is 11.7. The van der Waals surface area contributed by atoms with Crippen LogP contribution in [0.15, 0.2) is 6.07 Å². The lowest BCUT2D eigenvalue weighted by molar-refractivity contribution is -0.144. The highest BCUT2D eigenvalue weighted by Crippen LogP contribution is 2.38. The average Bonchev–Trinajstić information content (AvgIpc) is 2.99. The van der Waals surface area contributed by atoms with Crippen LogP contribution < -0.4 is 4.74 Å². The number of hydrogen-bond donors (Lipinski definition) is 1. The highest BCUT2D eigenvalue weighted by Gasteiger charge is 2.27. The summed E-state index contributed by atoms with van der Waals surface area (Å²) in [5.41, 5.74) is 0.810. The smallest absolute Gasteiger partial charge is 0.344 e. The van der Waals surface area contributed by atoms with Gasteiger partial charge in [0.25, 0.3) is 0 Å². The Morgan fingerprint density at radius 2 is 2.25 bits per heavy atom. The van der Waals surface area contributed by atoms with Crippen LogP contribution in [0, 0.1) is 6.92 Å². The number of aryl methyl sites for hydroxylation is 1. The predicted octanol–water partition coefficient (Wildman–Crippen LogP) is 1.51. The largest absolute Gasteiger partial charge is 0.479 e. The molecule has 1 unspecified atom stereocenters. The van der Waals surface area contributed by atoms with Crippen molar-refractivity contribution in [3.05, 3.63) is 17.6 Å². The molecule has 1 aliphatic carbocycles. The molecule has 86 valence electrons. The van der Waals surface area contributed by atoms with Gasteiger partial charge in [0.1, 0.15) is 5.82 Å². The standard InChI is InChI=1S/C11H14N2O3/c1-6-5-9(16-7(2)11(14)15)13-10(12-6)8-3-4-8/h5,7-8H,3-4H2,1-2H3,(H,14,15). The first-order valence-electron chi connectivity index (χ1n) is 5.31. The highest BCUT2D eigenvalue weighted by atomic mass is 16.5. The summed E-state index contributed by atoms with van der Waals surface area (Å²) in [7, 11) is 0. The van der Waals surface area contributed by atoms with E-state index >= 15 is 0 Å². The molecule has 1 fully saturated rings. The van der Waals surface area contributed by atoms with Gasteiger partial charge in [-0.2, -0.15) is 4.98 Å². The van der Waals surface area contributed by atoms with E-state index in [1.165, 1.54) is 6.92 Å². The minimum atomic E-state index is -0.996. The molecular formula is C11H14N2O3. The first kappa shape index (κ1) is 10.9. The number of rotatable bonds is 4. The van der Waals surface area contributed by atoms with Crippen LogP contribution >= 0.6 is 0 Å². The van der Waals surface area contributed by atoms with Gasteiger partial charge in [0.2, 0.25) is 5.88 Å². The number of hydrogen-bond acceptors (Lipinski definition) is 4. The Balaban J connectivity index is 2.16. The second-order valence-electron chi connectivity index (χ2n) is 4.08. The van der Waals surface area contributed by atoms with Gasteiger partial charge < -0.3 is 9.84 Å². The predicted molar refractivity (Wildman–Crippen MR) is 56.5 cm³/mol. The maximum atomic E-state index is 10.7. The SMILES string of the molecule is Cc1cc(OC(C)C(=O)O)nc(C2CC2)n1. The molecule has 0 bridgehead atoms. The number of carbonyl (C=O) groups is 1. The number of carboxylic acid groups (broad SMARTS) is 1. The molecule has 1 N–H and O–H groups in total. The van der Waals surface area contributed by atoms with Crippen LogP contribution in [0.4, 0.5) is 0 Å². The summed E-state index contributed by atoms with van der Waals surface area (Å²) in [6.07, 6.45) is 1.33. The van der Waals surface area contributed by atoms with Crippen LogP contribution in [0.25, 0.3) is 0 Å². The van der Waals surface area contributed by atoms with Crippen molar-refractivity contribution in [2.24, 2.45) is 0 Å². The first-order valence-corrected chi connectivity index (χ1v) is 5.31. The number of aliphatic carboxylic acids is 1. The maximum Gasteiger partial charge on any atom is 0.344 e. The van der Waals surface area contributed by atoms with E-state index in [1.807, 2.05) is 6.92 Å². The monoisotopic (exact) mass is 222 g/mol. The normalized spacial score (nSPS) is 16.9. The summed E-state index contributed by atoms with van der Waals surface area (Å²) >= 11 is 0. The third-order valence-electron chi connectivity index (χ3n) is 2.44. The van der Waals surface area contributed by atoms with E-state index in [9.17, 15) is 4.79 Å². The molecule has 0 radical (unpaired) electrons. The summed E-state index contributed by atoms with van der Waals surface area (Å²) in [6.45, 7) is 3.34. The van der Waals surface area contributed by atoms with Crippen molar-refractivity contribution in [1.82, 2.24) is 9.97 Å². The van der Waals surface area contributed by atoms with Gasteiger partial charge in [-0.05, 0) is 26.7 Å². The van der Waals surface area contributed by atoms with Gasteiger partial charge in [-0.1, -0.05) is 0 Å². The van der Waals surface area contributed by atoms with E-state index in [1.54, 1.807) is 6.07 Å². The molecule has 5 heteroatoms. The Bertz CT molecular complexity index is 416. The van der Waals surface area contributed by atoms with Crippen molar-refractivity contribution in [3.8, 4) is 5.88 Å². The van der Waals surface area contributed by atoms with E-state index in [0.717, 1.165) is 24.4 Å². The second kappa shape index (κ2) is 4.08. The highest BCUT2D eigenvalue weighted by molar-refractivity contribution is 5.72. The molecule has 1 aliphatic rings. The Morgan fingerprint density at radius 1 is 1.56 bits per heavy atom. The molecule has 2 rings (SSSR count). The van der Waals surface area contributed by atoms with E-state index in [4.69, 9.17) is 9.84 Å². The van der Waals surface area contributed by atoms with E-state index < -0.39 is 12.1 Å². The minimum absolute atomic E-state index is 0.351. The van der Waals surface area contributed by atoms with E-state index in [-0.39, 0.29) is 0 Å². The third kappa shape index (κ3) is 2.48. The van der Waals surface area contributed by atoms with Crippen molar-refractivity contribution in [3.63, 3.8) is 0 Å². The first-order chi connectivity index (χ1) is 7.56. The lowest BCUT2D eigenvalue weighted by atomic mass is 10.3. The van der Waals surface area contributed by atoms with Crippen LogP contribution in [-0.4, -0.2) is 27.1 Å². The minimum Gasteiger partial charge on any atom is -0.479 e. The van der Waals surface area contributed by atoms with Gasteiger partial charge in [-0.3, -0.25) is 0 Å². The summed E-state index contributed by atoms with van der Waals surface area (Å²) in [5, 5.41) is 8.74. The van der Waals surface area contributed by atoms with Crippen LogP contribution in [0.3, 0.4) is 0 Å². The molecule has 0 spiro atoms. The zero-order valence-corrected chi connectivity index (χ0v) is 9.30. The van der Waals surface area contributed by atoms with Crippen molar-refractivity contribution >= 4 is 5.97 Å². The van der Waals surface area contributed by atoms with Crippen molar-refractivity contribution in [2.75, 3.05) is 0 Å². The fourth-order valence-corrected chi connectivity index (χ4v) is 1.38. The van der Waals surface area contributed by atoms with E-state index in [0.29, 0.717) is 11.8 Å². The zero-order valence-electron chi connectivity index (χ0n) is 9.30. The number of nitrogens with zero attached hydrogens (tertiary/aromatic N) is 2. The summed E-state index contributed by atoms with van der Waals surface area (Å²) in [4.78, 5) is 19.2.